The van der Waals surface area contributed by atoms with E-state index < -0.39 is 4.92 Å². The number of non-ortho nitro benzene ring substituents is 1. The molecule has 2 aromatic carbocycles. The first-order valence-electron chi connectivity index (χ1n) is 8.86. The van der Waals surface area contributed by atoms with Crippen molar-refractivity contribution in [2.45, 2.75) is 33.1 Å². The highest BCUT2D eigenvalue weighted by Gasteiger charge is 2.12. The molecule has 0 bridgehead atoms. The van der Waals surface area contributed by atoms with Gasteiger partial charge in [0.05, 0.1) is 10.6 Å². The molecule has 2 rings (SSSR count). The van der Waals surface area contributed by atoms with Gasteiger partial charge in [-0.1, -0.05) is 37.3 Å². The number of hydrogen-bond donors (Lipinski definition) is 2. The van der Waals surface area contributed by atoms with Crippen LogP contribution in [0.15, 0.2) is 53.6 Å². The molecule has 0 saturated heterocycles. The molecule has 146 valence electrons. The van der Waals surface area contributed by atoms with Gasteiger partial charge in [0, 0.05) is 30.7 Å². The smallest absolute Gasteiger partial charge is 0.269 e. The molecule has 0 aromatic heterocycles. The summed E-state index contributed by atoms with van der Waals surface area (Å²) in [5.74, 6) is -0.715. The highest BCUT2D eigenvalue weighted by atomic mass is 16.6. The lowest BCUT2D eigenvalue weighted by Crippen LogP contribution is -2.22. The highest BCUT2D eigenvalue weighted by molar-refractivity contribution is 6.01. The van der Waals surface area contributed by atoms with E-state index in [0.29, 0.717) is 17.7 Å². The van der Waals surface area contributed by atoms with Crippen LogP contribution >= 0.6 is 0 Å². The number of nitrogens with zero attached hydrogens (tertiary/aromatic N) is 2. The first-order chi connectivity index (χ1) is 13.4. The van der Waals surface area contributed by atoms with Crippen molar-refractivity contribution in [1.82, 2.24) is 5.43 Å². The van der Waals surface area contributed by atoms with Crippen LogP contribution in [0.4, 0.5) is 11.4 Å². The van der Waals surface area contributed by atoms with E-state index in [1.807, 2.05) is 37.3 Å². The summed E-state index contributed by atoms with van der Waals surface area (Å²) < 4.78 is 0. The highest BCUT2D eigenvalue weighted by Crippen LogP contribution is 2.21. The zero-order chi connectivity index (χ0) is 20.5. The van der Waals surface area contributed by atoms with Gasteiger partial charge in [0.25, 0.3) is 5.69 Å². The lowest BCUT2D eigenvalue weighted by atomic mass is 10.1. The predicted octanol–water partition coefficient (Wildman–Crippen LogP) is 3.55. The van der Waals surface area contributed by atoms with Gasteiger partial charge in [-0.3, -0.25) is 19.7 Å². The fourth-order valence-electron chi connectivity index (χ4n) is 2.51. The Kier molecular flexibility index (Phi) is 7.38. The van der Waals surface area contributed by atoms with Gasteiger partial charge >= 0.3 is 0 Å². The van der Waals surface area contributed by atoms with Crippen LogP contribution in [0.2, 0.25) is 0 Å². The number of nitro groups is 1. The molecule has 8 heteroatoms. The third kappa shape index (κ3) is 6.01. The van der Waals surface area contributed by atoms with E-state index in [2.05, 4.69) is 15.8 Å². The average Bonchev–Trinajstić information content (AvgIpc) is 2.69. The number of benzene rings is 2. The summed E-state index contributed by atoms with van der Waals surface area (Å²) in [6, 6.07) is 13.7. The summed E-state index contributed by atoms with van der Waals surface area (Å²) in [6.45, 7) is 3.61. The summed E-state index contributed by atoms with van der Waals surface area (Å²) in [6.07, 6.45) is 0.613. The van der Waals surface area contributed by atoms with Gasteiger partial charge in [-0.05, 0) is 30.5 Å². The molecule has 0 unspecified atom stereocenters. The van der Waals surface area contributed by atoms with Crippen molar-refractivity contribution in [2.75, 3.05) is 5.32 Å². The minimum absolute atomic E-state index is 0.0207. The van der Waals surface area contributed by atoms with Crippen LogP contribution in [0.1, 0.15) is 37.3 Å². The largest absolute Gasteiger partial charge is 0.326 e. The van der Waals surface area contributed by atoms with Crippen molar-refractivity contribution in [1.29, 1.82) is 0 Å². The second-order valence-electron chi connectivity index (χ2n) is 6.12. The van der Waals surface area contributed by atoms with Gasteiger partial charge < -0.3 is 5.32 Å². The molecule has 0 fully saturated rings. The maximum atomic E-state index is 12.0. The van der Waals surface area contributed by atoms with Gasteiger partial charge in [-0.2, -0.15) is 5.10 Å². The summed E-state index contributed by atoms with van der Waals surface area (Å²) in [5, 5.41) is 17.5. The summed E-state index contributed by atoms with van der Waals surface area (Å²) in [5.41, 5.74) is 5.16. The van der Waals surface area contributed by atoms with Crippen LogP contribution in [-0.2, 0) is 9.59 Å². The molecule has 0 spiro atoms. The third-order valence-corrected chi connectivity index (χ3v) is 4.03. The van der Waals surface area contributed by atoms with E-state index in [4.69, 9.17) is 0 Å². The van der Waals surface area contributed by atoms with Gasteiger partial charge in [-0.15, -0.1) is 0 Å². The number of nitrogens with one attached hydrogen (secondary N) is 2. The van der Waals surface area contributed by atoms with Crippen molar-refractivity contribution >= 4 is 28.9 Å². The Hall–Kier alpha value is -3.55. The second-order valence-corrected chi connectivity index (χ2v) is 6.12. The molecule has 0 atom stereocenters. The number of amides is 2. The van der Waals surface area contributed by atoms with E-state index in [1.165, 1.54) is 18.2 Å². The number of nitro benzene ring substituents is 1. The van der Waals surface area contributed by atoms with Crippen molar-refractivity contribution < 1.29 is 14.5 Å². The summed E-state index contributed by atoms with van der Waals surface area (Å²) in [4.78, 5) is 34.3. The minimum Gasteiger partial charge on any atom is -0.326 e. The molecule has 0 aliphatic rings. The molecule has 0 heterocycles. The van der Waals surface area contributed by atoms with Gasteiger partial charge in [0.2, 0.25) is 11.8 Å². The van der Waals surface area contributed by atoms with Crippen molar-refractivity contribution in [2.24, 2.45) is 5.10 Å². The molecule has 2 N–H and O–H groups in total. The fraction of sp³-hybridized carbons (Fsp3) is 0.250. The number of rotatable bonds is 8. The predicted molar refractivity (Wildman–Crippen MR) is 107 cm³/mol. The number of hydrazone groups is 1. The second kappa shape index (κ2) is 9.96. The van der Waals surface area contributed by atoms with Crippen LogP contribution in [0, 0.1) is 17.0 Å². The molecular formula is C20H22N4O4. The average molecular weight is 382 g/mol. The Morgan fingerprint density at radius 2 is 1.75 bits per heavy atom. The van der Waals surface area contributed by atoms with Gasteiger partial charge in [-0.25, -0.2) is 5.43 Å². The Balaban J connectivity index is 1.86. The van der Waals surface area contributed by atoms with Gasteiger partial charge in [0.15, 0.2) is 0 Å². The Labute approximate surface area is 162 Å². The van der Waals surface area contributed by atoms with Crippen LogP contribution in [-0.4, -0.2) is 22.4 Å². The molecule has 28 heavy (non-hydrogen) atoms. The maximum Gasteiger partial charge on any atom is 0.269 e. The molecule has 2 aromatic rings. The molecule has 0 aliphatic heterocycles. The zero-order valence-electron chi connectivity index (χ0n) is 15.8. The normalized spacial score (nSPS) is 11.0. The van der Waals surface area contributed by atoms with Crippen LogP contribution < -0.4 is 10.7 Å². The number of carbonyl (C=O) groups is 2. The van der Waals surface area contributed by atoms with Crippen molar-refractivity contribution in [3.05, 3.63) is 69.8 Å². The molecule has 0 radical (unpaired) electrons. The standard InChI is InChI=1S/C20H22N4O4/c1-3-17(15-7-5-4-6-8-15)22-23-20(26)12-11-19(25)21-18-10-9-16(24(27)28)13-14(18)2/h4-10,13H,3,11-12H2,1-2H3,(H,21,25)(H,23,26). The third-order valence-electron chi connectivity index (χ3n) is 4.03. The van der Waals surface area contributed by atoms with E-state index in [1.54, 1.807) is 6.92 Å². The van der Waals surface area contributed by atoms with E-state index in [0.717, 1.165) is 11.3 Å². The molecule has 0 saturated carbocycles. The van der Waals surface area contributed by atoms with E-state index in [9.17, 15) is 19.7 Å². The van der Waals surface area contributed by atoms with E-state index >= 15 is 0 Å². The Morgan fingerprint density at radius 3 is 2.36 bits per heavy atom. The number of aryl methyl sites for hydroxylation is 1. The monoisotopic (exact) mass is 382 g/mol. The van der Waals surface area contributed by atoms with Crippen LogP contribution in [0.3, 0.4) is 0 Å². The van der Waals surface area contributed by atoms with Gasteiger partial charge in [0.1, 0.15) is 0 Å². The topological polar surface area (TPSA) is 114 Å². The van der Waals surface area contributed by atoms with Crippen molar-refractivity contribution in [3.63, 3.8) is 0 Å². The molecular weight excluding hydrogens is 360 g/mol. The number of carbonyl (C=O) groups excluding carboxylic acids is 2. The summed E-state index contributed by atoms with van der Waals surface area (Å²) >= 11 is 0. The molecule has 8 nitrogen and oxygen atoms in total. The first-order valence-corrected chi connectivity index (χ1v) is 8.86. The SMILES string of the molecule is CCC(=NNC(=O)CCC(=O)Nc1ccc([N+](=O)[O-])cc1C)c1ccccc1. The Morgan fingerprint density at radius 1 is 1.07 bits per heavy atom. The van der Waals surface area contributed by atoms with Crippen molar-refractivity contribution in [3.8, 4) is 0 Å². The summed E-state index contributed by atoms with van der Waals surface area (Å²) in [7, 11) is 0. The molecule has 2 amide bonds. The minimum atomic E-state index is -0.497. The number of anilines is 1. The fourth-order valence-corrected chi connectivity index (χ4v) is 2.51. The number of hydrogen-bond acceptors (Lipinski definition) is 5. The Bertz CT molecular complexity index is 894. The van der Waals surface area contributed by atoms with Crippen LogP contribution in [0.5, 0.6) is 0 Å². The first kappa shape index (κ1) is 20.8. The quantitative estimate of drug-likeness (QED) is 0.413. The van der Waals surface area contributed by atoms with E-state index in [-0.39, 0.29) is 30.3 Å². The zero-order valence-corrected chi connectivity index (χ0v) is 15.8. The lowest BCUT2D eigenvalue weighted by molar-refractivity contribution is -0.384. The van der Waals surface area contributed by atoms with Crippen LogP contribution in [0.25, 0.3) is 0 Å². The molecule has 0 aliphatic carbocycles. The maximum absolute atomic E-state index is 12.0. The lowest BCUT2D eigenvalue weighted by Gasteiger charge is -2.08.